The number of rotatable bonds is 4. The minimum atomic E-state index is -1.91. The topological polar surface area (TPSA) is 0 Å². The number of benzene rings is 4. The zero-order valence-electron chi connectivity index (χ0n) is 15.1. The van der Waals surface area contributed by atoms with Crippen molar-refractivity contribution in [2.45, 2.75) is 0 Å². The summed E-state index contributed by atoms with van der Waals surface area (Å²) in [5.41, 5.74) is 0. The first kappa shape index (κ1) is 21.3. The minimum Gasteiger partial charge on any atom is -1.00 e. The van der Waals surface area contributed by atoms with E-state index in [1.165, 1.54) is 21.2 Å². The monoisotopic (exact) mass is 408 g/mol. The molecule has 0 amide bonds. The Morgan fingerprint density at radius 3 is 0.704 bits per heavy atom. The first-order chi connectivity index (χ1) is 12.4. The Balaban J connectivity index is 0.00000131. The van der Waals surface area contributed by atoms with Crippen LogP contribution in [0.3, 0.4) is 0 Å². The van der Waals surface area contributed by atoms with Crippen LogP contribution in [0.15, 0.2) is 121 Å². The molecule has 27 heavy (non-hydrogen) atoms. The van der Waals surface area contributed by atoms with E-state index >= 15 is 0 Å². The molecule has 4 rings (SSSR count). The summed E-state index contributed by atoms with van der Waals surface area (Å²) in [5, 5.41) is 5.55. The third-order valence-corrected chi connectivity index (χ3v) is 8.86. The molecule has 4 aromatic rings. The van der Waals surface area contributed by atoms with Gasteiger partial charge in [-0.25, -0.2) is 0 Å². The zero-order chi connectivity index (χ0) is 17.0. The first-order valence-electron chi connectivity index (χ1n) is 8.54. The molecular formula is C24H23ClP2. The fourth-order valence-electron chi connectivity index (χ4n) is 3.50. The van der Waals surface area contributed by atoms with Crippen LogP contribution < -0.4 is 33.6 Å². The summed E-state index contributed by atoms with van der Waals surface area (Å²) in [6, 6.07) is 43.8. The third kappa shape index (κ3) is 3.99. The molecule has 136 valence electrons. The Morgan fingerprint density at radius 2 is 0.519 bits per heavy atom. The highest BCUT2D eigenvalue weighted by Crippen LogP contribution is 2.53. The molecule has 0 aliphatic carbocycles. The van der Waals surface area contributed by atoms with E-state index in [0.29, 0.717) is 0 Å². The van der Waals surface area contributed by atoms with Gasteiger partial charge in [-0.2, -0.15) is 9.90 Å². The SMILES string of the molecule is P.[Cl-].c1ccc([P+](c2ccccc2)(c2ccccc2)c2ccccc2)cc1. The maximum atomic E-state index is 2.28. The van der Waals surface area contributed by atoms with Crippen molar-refractivity contribution in [1.29, 1.82) is 0 Å². The molecule has 0 heterocycles. The Bertz CT molecular complexity index is 763. The molecule has 0 saturated heterocycles. The summed E-state index contributed by atoms with van der Waals surface area (Å²) in [6.45, 7) is 0. The van der Waals surface area contributed by atoms with Crippen molar-refractivity contribution in [3.63, 3.8) is 0 Å². The van der Waals surface area contributed by atoms with E-state index in [0.717, 1.165) is 0 Å². The Labute approximate surface area is 172 Å². The average Bonchev–Trinajstić information content (AvgIpc) is 2.72. The molecule has 0 saturated carbocycles. The predicted molar refractivity (Wildman–Crippen MR) is 122 cm³/mol. The highest BCUT2D eigenvalue weighted by Gasteiger charge is 2.47. The van der Waals surface area contributed by atoms with Crippen LogP contribution in [0.2, 0.25) is 0 Å². The van der Waals surface area contributed by atoms with Crippen molar-refractivity contribution in [3.8, 4) is 0 Å². The summed E-state index contributed by atoms with van der Waals surface area (Å²) < 4.78 is 0. The molecule has 1 atom stereocenters. The van der Waals surface area contributed by atoms with Crippen molar-refractivity contribution in [2.24, 2.45) is 0 Å². The summed E-state index contributed by atoms with van der Waals surface area (Å²) in [7, 11) is -1.91. The highest BCUT2D eigenvalue weighted by atomic mass is 35.5. The normalized spacial score (nSPS) is 10.4. The lowest BCUT2D eigenvalue weighted by molar-refractivity contribution is -0.00000487. The lowest BCUT2D eigenvalue weighted by Crippen LogP contribution is -3.00. The van der Waals surface area contributed by atoms with E-state index in [4.69, 9.17) is 0 Å². The molecule has 0 fully saturated rings. The quantitative estimate of drug-likeness (QED) is 0.447. The molecule has 0 spiro atoms. The lowest BCUT2D eigenvalue weighted by atomic mass is 10.3. The number of hydrogen-bond donors (Lipinski definition) is 0. The van der Waals surface area contributed by atoms with E-state index in [2.05, 4.69) is 121 Å². The van der Waals surface area contributed by atoms with Gasteiger partial charge in [-0.1, -0.05) is 72.8 Å². The summed E-state index contributed by atoms with van der Waals surface area (Å²) in [4.78, 5) is 0. The molecule has 0 aromatic heterocycles. The van der Waals surface area contributed by atoms with E-state index in [-0.39, 0.29) is 22.3 Å². The smallest absolute Gasteiger partial charge is 0.144 e. The van der Waals surface area contributed by atoms with Crippen LogP contribution in [0.1, 0.15) is 0 Å². The molecule has 0 nitrogen and oxygen atoms in total. The summed E-state index contributed by atoms with van der Waals surface area (Å²) >= 11 is 0. The van der Waals surface area contributed by atoms with E-state index < -0.39 is 7.26 Å². The molecule has 0 radical (unpaired) electrons. The van der Waals surface area contributed by atoms with Gasteiger partial charge in [0.25, 0.3) is 0 Å². The fourth-order valence-corrected chi connectivity index (χ4v) is 7.77. The van der Waals surface area contributed by atoms with E-state index in [1.807, 2.05) is 0 Å². The second-order valence-electron chi connectivity index (χ2n) is 6.01. The second kappa shape index (κ2) is 9.82. The van der Waals surface area contributed by atoms with Crippen molar-refractivity contribution in [3.05, 3.63) is 121 Å². The Hall–Kier alpha value is -1.97. The van der Waals surface area contributed by atoms with Crippen LogP contribution in [0, 0.1) is 0 Å². The van der Waals surface area contributed by atoms with Gasteiger partial charge in [-0.05, 0) is 48.5 Å². The average molecular weight is 409 g/mol. The van der Waals surface area contributed by atoms with Crippen LogP contribution in [0.25, 0.3) is 0 Å². The van der Waals surface area contributed by atoms with Crippen LogP contribution in [0.4, 0.5) is 0 Å². The Kier molecular flexibility index (Phi) is 7.76. The molecule has 0 N–H and O–H groups in total. The van der Waals surface area contributed by atoms with Gasteiger partial charge in [-0.3, -0.25) is 0 Å². The van der Waals surface area contributed by atoms with Gasteiger partial charge in [0, 0.05) is 0 Å². The van der Waals surface area contributed by atoms with Crippen LogP contribution in [-0.4, -0.2) is 0 Å². The largest absolute Gasteiger partial charge is 1.00 e. The second-order valence-corrected chi connectivity index (χ2v) is 9.42. The van der Waals surface area contributed by atoms with Gasteiger partial charge >= 0.3 is 0 Å². The third-order valence-electron chi connectivity index (χ3n) is 4.57. The standard InChI is InChI=1S/C24H20P.ClH.H3P/c1-5-13-21(14-6-1)25(22-15-7-2-8-16-22,23-17-9-3-10-18-23)24-19-11-4-12-20-24;;/h1-20H;1H;1H3/q+1;;/p-1. The highest BCUT2D eigenvalue weighted by molar-refractivity contribution is 8.01. The lowest BCUT2D eigenvalue weighted by Gasteiger charge is -2.27. The Morgan fingerprint density at radius 1 is 0.333 bits per heavy atom. The van der Waals surface area contributed by atoms with Gasteiger partial charge in [0.1, 0.15) is 28.5 Å². The van der Waals surface area contributed by atoms with Crippen molar-refractivity contribution in [1.82, 2.24) is 0 Å². The predicted octanol–water partition coefficient (Wildman–Crippen LogP) is 1.37. The van der Waals surface area contributed by atoms with Crippen molar-refractivity contribution < 1.29 is 12.4 Å². The maximum Gasteiger partial charge on any atom is 0.144 e. The van der Waals surface area contributed by atoms with Crippen molar-refractivity contribution >= 4 is 38.4 Å². The van der Waals surface area contributed by atoms with Gasteiger partial charge in [0.05, 0.1) is 0 Å². The number of hydrogen-bond acceptors (Lipinski definition) is 0. The maximum absolute atomic E-state index is 2.28. The van der Waals surface area contributed by atoms with Gasteiger partial charge in [0.2, 0.25) is 0 Å². The summed E-state index contributed by atoms with van der Waals surface area (Å²) in [6.07, 6.45) is 0. The molecule has 0 bridgehead atoms. The molecule has 1 unspecified atom stereocenters. The number of halogens is 1. The van der Waals surface area contributed by atoms with E-state index in [9.17, 15) is 0 Å². The zero-order valence-corrected chi connectivity index (χ0v) is 18.1. The molecule has 0 aliphatic rings. The fraction of sp³-hybridized carbons (Fsp3) is 0. The molecular weight excluding hydrogens is 386 g/mol. The van der Waals surface area contributed by atoms with Gasteiger partial charge in [0.15, 0.2) is 0 Å². The van der Waals surface area contributed by atoms with Crippen LogP contribution in [0.5, 0.6) is 0 Å². The van der Waals surface area contributed by atoms with E-state index in [1.54, 1.807) is 0 Å². The molecule has 4 aromatic carbocycles. The summed E-state index contributed by atoms with van der Waals surface area (Å²) in [5.74, 6) is 0. The molecule has 3 heteroatoms. The van der Waals surface area contributed by atoms with Gasteiger partial charge < -0.3 is 12.4 Å². The van der Waals surface area contributed by atoms with Crippen LogP contribution >= 0.6 is 17.2 Å². The van der Waals surface area contributed by atoms with Crippen LogP contribution in [-0.2, 0) is 0 Å². The first-order valence-corrected chi connectivity index (χ1v) is 10.3. The minimum absolute atomic E-state index is 0. The molecule has 0 aliphatic heterocycles. The van der Waals surface area contributed by atoms with Crippen molar-refractivity contribution in [2.75, 3.05) is 0 Å². The van der Waals surface area contributed by atoms with Gasteiger partial charge in [-0.15, -0.1) is 0 Å².